The van der Waals surface area contributed by atoms with Gasteiger partial charge in [0.05, 0.1) is 0 Å². The molecule has 0 bridgehead atoms. The Hall–Kier alpha value is -2.26. The first-order chi connectivity index (χ1) is 9.16. The van der Waals surface area contributed by atoms with Crippen LogP contribution in [0.15, 0.2) is 54.6 Å². The summed E-state index contributed by atoms with van der Waals surface area (Å²) in [5.74, 6) is -0.225. The van der Waals surface area contributed by atoms with Gasteiger partial charge in [-0.05, 0) is 24.3 Å². The molecule has 2 aromatic rings. The Bertz CT molecular complexity index is 668. The van der Waals surface area contributed by atoms with Gasteiger partial charge in [0.15, 0.2) is 0 Å². The summed E-state index contributed by atoms with van der Waals surface area (Å²) in [6.45, 7) is 0. The highest BCUT2D eigenvalue weighted by Crippen LogP contribution is 2.53. The molecule has 2 aromatic carbocycles. The number of fused-ring (bicyclic) bond motifs is 1. The van der Waals surface area contributed by atoms with Crippen molar-refractivity contribution in [3.05, 3.63) is 60.2 Å². The number of para-hydroxylation sites is 2. The van der Waals surface area contributed by atoms with E-state index in [4.69, 9.17) is 13.6 Å². The van der Waals surface area contributed by atoms with Gasteiger partial charge in [0.1, 0.15) is 17.1 Å². The summed E-state index contributed by atoms with van der Waals surface area (Å²) in [5, 5.41) is 0. The van der Waals surface area contributed by atoms with Crippen molar-refractivity contribution in [1.82, 2.24) is 0 Å². The maximum absolute atomic E-state index is 12.3. The Morgan fingerprint density at radius 1 is 0.895 bits per heavy atom. The lowest BCUT2D eigenvalue weighted by atomic mass is 10.2. The third kappa shape index (κ3) is 2.33. The van der Waals surface area contributed by atoms with Gasteiger partial charge >= 0.3 is 13.8 Å². The molecule has 0 spiro atoms. The Balaban J connectivity index is 1.92. The molecular formula is C13H9O5P. The highest BCUT2D eigenvalue weighted by molar-refractivity contribution is 7.50. The Kier molecular flexibility index (Phi) is 2.76. The minimum absolute atomic E-state index is 0.193. The zero-order valence-corrected chi connectivity index (χ0v) is 10.6. The van der Waals surface area contributed by atoms with Gasteiger partial charge in [0.25, 0.3) is 0 Å². The van der Waals surface area contributed by atoms with Crippen LogP contribution in [0.5, 0.6) is 11.5 Å². The quantitative estimate of drug-likeness (QED) is 0.786. The standard InChI is InChI=1S/C13H9O5P/c14-13-11-8-4-5-9-12(11)17-19(15,18-13)16-10-6-2-1-3-7-10/h1-9H. The van der Waals surface area contributed by atoms with Crippen molar-refractivity contribution in [3.63, 3.8) is 0 Å². The average Bonchev–Trinajstić information content (AvgIpc) is 2.39. The Labute approximate surface area is 109 Å². The summed E-state index contributed by atoms with van der Waals surface area (Å²) >= 11 is 0. The largest absolute Gasteiger partial charge is 0.649 e. The lowest BCUT2D eigenvalue weighted by molar-refractivity contribution is 0.0658. The minimum Gasteiger partial charge on any atom is -0.386 e. The number of hydrogen-bond donors (Lipinski definition) is 0. The summed E-state index contributed by atoms with van der Waals surface area (Å²) in [6.07, 6.45) is 0. The van der Waals surface area contributed by atoms with Crippen LogP contribution in [0.25, 0.3) is 0 Å². The molecule has 0 aliphatic carbocycles. The number of carbonyl (C=O) groups is 1. The van der Waals surface area contributed by atoms with E-state index in [0.29, 0.717) is 5.75 Å². The number of rotatable bonds is 2. The van der Waals surface area contributed by atoms with Crippen molar-refractivity contribution in [2.75, 3.05) is 0 Å². The molecule has 96 valence electrons. The van der Waals surface area contributed by atoms with E-state index in [1.165, 1.54) is 12.1 Å². The Morgan fingerprint density at radius 3 is 2.37 bits per heavy atom. The van der Waals surface area contributed by atoms with Crippen LogP contribution in [0.4, 0.5) is 0 Å². The fourth-order valence-electron chi connectivity index (χ4n) is 1.65. The molecule has 0 amide bonds. The van der Waals surface area contributed by atoms with Crippen molar-refractivity contribution < 1.29 is 22.9 Å². The molecule has 3 rings (SSSR count). The van der Waals surface area contributed by atoms with E-state index in [-0.39, 0.29) is 11.3 Å². The van der Waals surface area contributed by atoms with Crippen LogP contribution in [0.3, 0.4) is 0 Å². The number of phosphoric ester groups is 1. The monoisotopic (exact) mass is 276 g/mol. The van der Waals surface area contributed by atoms with Crippen LogP contribution < -0.4 is 9.05 Å². The first-order valence-electron chi connectivity index (χ1n) is 5.53. The van der Waals surface area contributed by atoms with Crippen LogP contribution in [-0.2, 0) is 9.09 Å². The van der Waals surface area contributed by atoms with Crippen molar-refractivity contribution in [2.24, 2.45) is 0 Å². The number of benzene rings is 2. The fraction of sp³-hybridized carbons (Fsp3) is 0. The zero-order valence-electron chi connectivity index (χ0n) is 9.68. The Morgan fingerprint density at radius 2 is 1.58 bits per heavy atom. The van der Waals surface area contributed by atoms with Crippen molar-refractivity contribution in [2.45, 2.75) is 0 Å². The molecule has 19 heavy (non-hydrogen) atoms. The topological polar surface area (TPSA) is 61.8 Å². The van der Waals surface area contributed by atoms with Crippen LogP contribution >= 0.6 is 7.82 Å². The fourth-order valence-corrected chi connectivity index (χ4v) is 2.85. The predicted octanol–water partition coefficient (Wildman–Crippen LogP) is 3.42. The second kappa shape index (κ2) is 4.44. The number of carbonyl (C=O) groups excluding carboxylic acids is 1. The van der Waals surface area contributed by atoms with E-state index in [2.05, 4.69) is 0 Å². The van der Waals surface area contributed by atoms with Crippen molar-refractivity contribution in [1.29, 1.82) is 0 Å². The van der Waals surface area contributed by atoms with Gasteiger partial charge in [0.2, 0.25) is 0 Å². The molecule has 0 N–H and O–H groups in total. The maximum atomic E-state index is 12.3. The minimum atomic E-state index is -3.97. The van der Waals surface area contributed by atoms with Crippen molar-refractivity contribution >= 4 is 13.8 Å². The van der Waals surface area contributed by atoms with Crippen LogP contribution in [0.1, 0.15) is 10.4 Å². The van der Waals surface area contributed by atoms with E-state index in [0.717, 1.165) is 0 Å². The highest BCUT2D eigenvalue weighted by Gasteiger charge is 2.41. The van der Waals surface area contributed by atoms with E-state index in [1.54, 1.807) is 42.5 Å². The van der Waals surface area contributed by atoms with Gasteiger partial charge in [-0.3, -0.25) is 0 Å². The van der Waals surface area contributed by atoms with Crippen molar-refractivity contribution in [3.8, 4) is 11.5 Å². The van der Waals surface area contributed by atoms with Gasteiger partial charge in [-0.15, -0.1) is 0 Å². The van der Waals surface area contributed by atoms with Gasteiger partial charge in [-0.2, -0.15) is 4.57 Å². The van der Waals surface area contributed by atoms with Crippen LogP contribution in [0, 0.1) is 0 Å². The predicted molar refractivity (Wildman–Crippen MR) is 67.2 cm³/mol. The third-order valence-electron chi connectivity index (χ3n) is 2.47. The molecule has 0 saturated carbocycles. The lowest BCUT2D eigenvalue weighted by Gasteiger charge is -2.23. The molecule has 1 heterocycles. The first-order valence-corrected chi connectivity index (χ1v) is 7.00. The number of hydrogen-bond acceptors (Lipinski definition) is 5. The van der Waals surface area contributed by atoms with Crippen LogP contribution in [-0.4, -0.2) is 5.97 Å². The molecule has 1 aliphatic heterocycles. The third-order valence-corrected chi connectivity index (χ3v) is 3.72. The van der Waals surface area contributed by atoms with E-state index < -0.39 is 13.8 Å². The van der Waals surface area contributed by atoms with Gasteiger partial charge in [-0.25, -0.2) is 4.79 Å². The van der Waals surface area contributed by atoms with E-state index >= 15 is 0 Å². The normalized spacial score (nSPS) is 20.9. The first kappa shape index (κ1) is 11.8. The summed E-state index contributed by atoms with van der Waals surface area (Å²) in [4.78, 5) is 11.7. The van der Waals surface area contributed by atoms with Crippen LogP contribution in [0.2, 0.25) is 0 Å². The highest BCUT2D eigenvalue weighted by atomic mass is 31.2. The maximum Gasteiger partial charge on any atom is 0.649 e. The molecule has 0 fully saturated rings. The molecular weight excluding hydrogens is 267 g/mol. The van der Waals surface area contributed by atoms with E-state index in [1.807, 2.05) is 0 Å². The molecule has 1 aliphatic rings. The smallest absolute Gasteiger partial charge is 0.386 e. The molecule has 6 heteroatoms. The second-order valence-corrected chi connectivity index (χ2v) is 5.26. The second-order valence-electron chi connectivity index (χ2n) is 3.82. The molecule has 1 unspecified atom stereocenters. The summed E-state index contributed by atoms with van der Waals surface area (Å²) < 4.78 is 27.4. The molecule has 1 atom stereocenters. The summed E-state index contributed by atoms with van der Waals surface area (Å²) in [6, 6.07) is 14.8. The van der Waals surface area contributed by atoms with Gasteiger partial charge in [-0.1, -0.05) is 30.3 Å². The molecule has 0 saturated heterocycles. The van der Waals surface area contributed by atoms with Gasteiger partial charge < -0.3 is 13.6 Å². The van der Waals surface area contributed by atoms with Gasteiger partial charge in [0, 0.05) is 0 Å². The lowest BCUT2D eigenvalue weighted by Crippen LogP contribution is -2.17. The summed E-state index contributed by atoms with van der Waals surface area (Å²) in [5.41, 5.74) is 0.227. The zero-order chi connectivity index (χ0) is 13.3. The molecule has 0 radical (unpaired) electrons. The van der Waals surface area contributed by atoms with E-state index in [9.17, 15) is 9.36 Å². The average molecular weight is 276 g/mol. The molecule has 5 nitrogen and oxygen atoms in total. The summed E-state index contributed by atoms with van der Waals surface area (Å²) in [7, 11) is -3.97. The number of phosphoric acid groups is 1. The molecule has 0 aromatic heterocycles. The SMILES string of the molecule is O=C1OP(=O)(Oc2ccccc2)Oc2ccccc21.